The predicted octanol–water partition coefficient (Wildman–Crippen LogP) is 4.85. The third-order valence-corrected chi connectivity index (χ3v) is 6.24. The Balaban J connectivity index is 1.56. The van der Waals surface area contributed by atoms with Crippen LogP contribution in [0.5, 0.6) is 0 Å². The summed E-state index contributed by atoms with van der Waals surface area (Å²) in [6.45, 7) is 6.11. The molecule has 1 amide bonds. The number of carbonyl (C=O) groups is 1. The lowest BCUT2D eigenvalue weighted by Crippen LogP contribution is -2.37. The average molecular weight is 441 g/mol. The van der Waals surface area contributed by atoms with Crippen molar-refractivity contribution in [3.8, 4) is 5.69 Å². The van der Waals surface area contributed by atoms with E-state index in [1.165, 1.54) is 12.1 Å². The summed E-state index contributed by atoms with van der Waals surface area (Å²) in [4.78, 5) is 15.5. The number of amides is 1. The van der Waals surface area contributed by atoms with E-state index in [0.717, 1.165) is 37.2 Å². The molecule has 1 aromatic heterocycles. The largest absolute Gasteiger partial charge is 0.350 e. The Hall–Kier alpha value is -2.70. The Morgan fingerprint density at radius 2 is 1.81 bits per heavy atom. The van der Waals surface area contributed by atoms with Gasteiger partial charge >= 0.3 is 0 Å². The average Bonchev–Trinajstić information content (AvgIpc) is 3.38. The fourth-order valence-corrected chi connectivity index (χ4v) is 4.58. The van der Waals surface area contributed by atoms with Crippen LogP contribution in [-0.4, -0.2) is 40.2 Å². The van der Waals surface area contributed by atoms with E-state index < -0.39 is 0 Å². The molecule has 1 N–H and O–H groups in total. The third-order valence-electron chi connectivity index (χ3n) is 5.89. The maximum Gasteiger partial charge on any atom is 0.255 e. The Morgan fingerprint density at radius 1 is 1.13 bits per heavy atom. The van der Waals surface area contributed by atoms with Gasteiger partial charge in [-0.3, -0.25) is 9.69 Å². The lowest BCUT2D eigenvalue weighted by molar-refractivity contribution is 0.0936. The molecule has 0 saturated carbocycles. The molecule has 0 spiro atoms. The van der Waals surface area contributed by atoms with Crippen LogP contribution in [0.1, 0.15) is 46.2 Å². The molecule has 4 rings (SSSR count). The predicted molar refractivity (Wildman–Crippen MR) is 120 cm³/mol. The molecule has 2 aromatic carbocycles. The van der Waals surface area contributed by atoms with Gasteiger partial charge in [0, 0.05) is 11.6 Å². The first-order valence-corrected chi connectivity index (χ1v) is 10.9. The number of nitrogens with one attached hydrogen (secondary N) is 1. The molecule has 162 valence electrons. The number of benzene rings is 2. The molecule has 1 aliphatic rings. The Morgan fingerprint density at radius 3 is 2.48 bits per heavy atom. The number of likely N-dealkylation sites (tertiary alicyclic amines) is 1. The van der Waals surface area contributed by atoms with Gasteiger partial charge in [-0.1, -0.05) is 29.8 Å². The van der Waals surface area contributed by atoms with Gasteiger partial charge < -0.3 is 5.32 Å². The van der Waals surface area contributed by atoms with E-state index in [1.807, 2.05) is 38.1 Å². The molecule has 0 aliphatic carbocycles. The maximum absolute atomic E-state index is 13.3. The molecule has 1 fully saturated rings. The van der Waals surface area contributed by atoms with Gasteiger partial charge in [0.15, 0.2) is 0 Å². The number of aryl methyl sites for hydroxylation is 1. The van der Waals surface area contributed by atoms with E-state index in [4.69, 9.17) is 11.6 Å². The van der Waals surface area contributed by atoms with Crippen LogP contribution in [0, 0.1) is 19.7 Å². The second-order valence-electron chi connectivity index (χ2n) is 7.92. The number of carbonyl (C=O) groups excluding carboxylic acids is 1. The van der Waals surface area contributed by atoms with Crippen LogP contribution >= 0.6 is 11.6 Å². The molecule has 1 saturated heterocycles. The van der Waals surface area contributed by atoms with Gasteiger partial charge in [-0.25, -0.2) is 9.07 Å². The van der Waals surface area contributed by atoms with Crippen molar-refractivity contribution in [3.05, 3.63) is 81.9 Å². The number of hydrogen-bond acceptors (Lipinski definition) is 3. The zero-order chi connectivity index (χ0) is 22.0. The third kappa shape index (κ3) is 4.50. The molecule has 5 nitrogen and oxygen atoms in total. The second kappa shape index (κ2) is 9.20. The van der Waals surface area contributed by atoms with E-state index in [9.17, 15) is 9.18 Å². The maximum atomic E-state index is 13.3. The van der Waals surface area contributed by atoms with Crippen molar-refractivity contribution in [2.75, 3.05) is 19.6 Å². The quantitative estimate of drug-likeness (QED) is 0.596. The van der Waals surface area contributed by atoms with Gasteiger partial charge in [0.2, 0.25) is 0 Å². The number of nitrogens with zero attached hydrogens (tertiary/aromatic N) is 3. The fraction of sp³-hybridized carbons (Fsp3) is 0.333. The number of rotatable bonds is 6. The summed E-state index contributed by atoms with van der Waals surface area (Å²) in [7, 11) is 0. The van der Waals surface area contributed by atoms with Crippen LogP contribution in [0.15, 0.2) is 48.5 Å². The summed E-state index contributed by atoms with van der Waals surface area (Å²) in [6, 6.07) is 13.9. The number of aromatic nitrogens is 2. The minimum atomic E-state index is -0.309. The highest BCUT2D eigenvalue weighted by molar-refractivity contribution is 6.31. The zero-order valence-corrected chi connectivity index (χ0v) is 18.5. The lowest BCUT2D eigenvalue weighted by atomic mass is 10.0. The number of hydrogen-bond donors (Lipinski definition) is 1. The SMILES string of the molecule is Cc1nn(-c2ccc(F)cc2)c(C)c1C(=O)NC[C@@H](c1ccccc1Cl)N1CCCC1. The van der Waals surface area contributed by atoms with E-state index in [-0.39, 0.29) is 17.8 Å². The Kier molecular flexibility index (Phi) is 6.39. The summed E-state index contributed by atoms with van der Waals surface area (Å²) in [5.41, 5.74) is 3.64. The first-order valence-electron chi connectivity index (χ1n) is 10.5. The zero-order valence-electron chi connectivity index (χ0n) is 17.7. The van der Waals surface area contributed by atoms with Crippen molar-refractivity contribution < 1.29 is 9.18 Å². The van der Waals surface area contributed by atoms with Crippen molar-refractivity contribution >= 4 is 17.5 Å². The molecule has 0 radical (unpaired) electrons. The summed E-state index contributed by atoms with van der Waals surface area (Å²) in [5, 5.41) is 8.33. The van der Waals surface area contributed by atoms with E-state index in [0.29, 0.717) is 28.5 Å². The van der Waals surface area contributed by atoms with Gasteiger partial charge in [0.25, 0.3) is 5.91 Å². The first-order chi connectivity index (χ1) is 15.0. The molecular formula is C24H26ClFN4O. The minimum absolute atomic E-state index is 0.0212. The van der Waals surface area contributed by atoms with Crippen LogP contribution in [0.25, 0.3) is 5.69 Å². The molecule has 0 unspecified atom stereocenters. The van der Waals surface area contributed by atoms with Gasteiger partial charge in [-0.15, -0.1) is 0 Å². The standard InChI is InChI=1S/C24H26ClFN4O/c1-16-23(17(2)30(28-16)19-11-9-18(26)10-12-19)24(31)27-15-22(29-13-5-6-14-29)20-7-3-4-8-21(20)25/h3-4,7-12,22H,5-6,13-15H2,1-2H3,(H,27,31)/t22-/m0/s1. The lowest BCUT2D eigenvalue weighted by Gasteiger charge is -2.29. The highest BCUT2D eigenvalue weighted by atomic mass is 35.5. The molecule has 7 heteroatoms. The van der Waals surface area contributed by atoms with Crippen LogP contribution < -0.4 is 5.32 Å². The Bertz CT molecular complexity index is 1070. The fourth-order valence-electron chi connectivity index (χ4n) is 4.32. The Labute approximate surface area is 186 Å². The van der Waals surface area contributed by atoms with E-state index in [2.05, 4.69) is 15.3 Å². The summed E-state index contributed by atoms with van der Waals surface area (Å²) in [6.07, 6.45) is 2.30. The summed E-state index contributed by atoms with van der Waals surface area (Å²) < 4.78 is 15.0. The monoisotopic (exact) mass is 440 g/mol. The van der Waals surface area contributed by atoms with Crippen molar-refractivity contribution in [1.82, 2.24) is 20.0 Å². The molecule has 1 aliphatic heterocycles. The van der Waals surface area contributed by atoms with Crippen LogP contribution in [0.2, 0.25) is 5.02 Å². The van der Waals surface area contributed by atoms with E-state index >= 15 is 0 Å². The molecule has 2 heterocycles. The van der Waals surface area contributed by atoms with Crippen LogP contribution in [0.4, 0.5) is 4.39 Å². The topological polar surface area (TPSA) is 50.2 Å². The number of halogens is 2. The molecule has 31 heavy (non-hydrogen) atoms. The van der Waals surface area contributed by atoms with Crippen molar-refractivity contribution in [2.24, 2.45) is 0 Å². The normalized spacial score (nSPS) is 15.2. The second-order valence-corrected chi connectivity index (χ2v) is 8.33. The van der Waals surface area contributed by atoms with Gasteiger partial charge in [0.1, 0.15) is 5.82 Å². The van der Waals surface area contributed by atoms with Crippen LogP contribution in [0.3, 0.4) is 0 Å². The molecule has 1 atom stereocenters. The van der Waals surface area contributed by atoms with Crippen molar-refractivity contribution in [2.45, 2.75) is 32.7 Å². The summed E-state index contributed by atoms with van der Waals surface area (Å²) in [5.74, 6) is -0.476. The summed E-state index contributed by atoms with van der Waals surface area (Å²) >= 11 is 6.48. The smallest absolute Gasteiger partial charge is 0.255 e. The van der Waals surface area contributed by atoms with Crippen molar-refractivity contribution in [1.29, 1.82) is 0 Å². The molecule has 0 bridgehead atoms. The minimum Gasteiger partial charge on any atom is -0.350 e. The first kappa shape index (κ1) is 21.5. The molecular weight excluding hydrogens is 415 g/mol. The van der Waals surface area contributed by atoms with E-state index in [1.54, 1.807) is 16.8 Å². The highest BCUT2D eigenvalue weighted by Crippen LogP contribution is 2.30. The molecule has 3 aromatic rings. The van der Waals surface area contributed by atoms with Crippen molar-refractivity contribution in [3.63, 3.8) is 0 Å². The van der Waals surface area contributed by atoms with Gasteiger partial charge in [0.05, 0.1) is 28.7 Å². The van der Waals surface area contributed by atoms with Gasteiger partial charge in [-0.2, -0.15) is 5.10 Å². The highest BCUT2D eigenvalue weighted by Gasteiger charge is 2.27. The van der Waals surface area contributed by atoms with Gasteiger partial charge in [-0.05, 0) is 75.7 Å². The van der Waals surface area contributed by atoms with Crippen LogP contribution in [-0.2, 0) is 0 Å².